The number of rotatable bonds is 4. The number of carboxylic acids is 1. The van der Waals surface area contributed by atoms with Crippen molar-refractivity contribution in [1.29, 1.82) is 0 Å². The Morgan fingerprint density at radius 1 is 1.38 bits per heavy atom. The van der Waals surface area contributed by atoms with Crippen LogP contribution in [-0.2, 0) is 6.54 Å². The molecule has 1 aliphatic rings. The maximum Gasteiger partial charge on any atom is 0.356 e. The minimum absolute atomic E-state index is 0.102. The van der Waals surface area contributed by atoms with Crippen LogP contribution in [0.1, 0.15) is 39.8 Å². The van der Waals surface area contributed by atoms with Gasteiger partial charge in [-0.1, -0.05) is 0 Å². The van der Waals surface area contributed by atoms with Crippen molar-refractivity contribution in [2.45, 2.75) is 25.3 Å². The molecule has 0 saturated carbocycles. The monoisotopic (exact) mass is 342 g/mol. The Labute approximate surface area is 143 Å². The Morgan fingerprint density at radius 3 is 2.92 bits per heavy atom. The molecule has 3 aromatic heterocycles. The number of pyridine rings is 1. The summed E-state index contributed by atoms with van der Waals surface area (Å²) < 4.78 is 1.24. The highest BCUT2D eigenvalue weighted by atomic mass is 32.1. The third-order valence-electron chi connectivity index (χ3n) is 4.56. The number of carbonyl (C=O) groups is 1. The predicted octanol–water partition coefficient (Wildman–Crippen LogP) is 3.10. The van der Waals surface area contributed by atoms with Crippen LogP contribution in [0.4, 0.5) is 0 Å². The fourth-order valence-electron chi connectivity index (χ4n) is 3.28. The Kier molecular flexibility index (Phi) is 4.03. The molecule has 124 valence electrons. The van der Waals surface area contributed by atoms with Gasteiger partial charge in [-0.15, -0.1) is 11.3 Å². The molecule has 0 amide bonds. The van der Waals surface area contributed by atoms with E-state index in [2.05, 4.69) is 32.2 Å². The summed E-state index contributed by atoms with van der Waals surface area (Å²) in [7, 11) is 0. The molecule has 1 fully saturated rings. The van der Waals surface area contributed by atoms with Gasteiger partial charge in [-0.25, -0.2) is 4.79 Å². The number of piperidine rings is 1. The summed E-state index contributed by atoms with van der Waals surface area (Å²) in [5.74, 6) is -0.612. The van der Waals surface area contributed by atoms with Gasteiger partial charge in [-0.05, 0) is 50.2 Å². The second-order valence-electron chi connectivity index (χ2n) is 6.16. The molecular weight excluding hydrogens is 324 g/mol. The zero-order valence-electron chi connectivity index (χ0n) is 13.1. The largest absolute Gasteiger partial charge is 0.476 e. The molecule has 0 spiro atoms. The van der Waals surface area contributed by atoms with Gasteiger partial charge >= 0.3 is 5.97 Å². The summed E-state index contributed by atoms with van der Waals surface area (Å²) >= 11 is 1.81. The molecule has 1 saturated heterocycles. The maximum atomic E-state index is 10.9. The van der Waals surface area contributed by atoms with Gasteiger partial charge in [-0.3, -0.25) is 15.0 Å². The SMILES string of the molecule is O=C(O)c1cc(C2CCN(Cc3cc4ncccc4s3)CC2)[nH]n1. The number of nitrogens with zero attached hydrogens (tertiary/aromatic N) is 3. The number of hydrogen-bond acceptors (Lipinski definition) is 5. The number of H-pyrrole nitrogens is 1. The van der Waals surface area contributed by atoms with Crippen LogP contribution in [0, 0.1) is 0 Å². The standard InChI is InChI=1S/C17H18N4O2S/c22-17(23)15-9-13(19-20-15)11-3-6-21(7-4-11)10-12-8-14-16(24-12)2-1-5-18-14/h1-2,5,8-9,11H,3-4,6-7,10H2,(H,19,20)(H,22,23). The first-order valence-corrected chi connectivity index (χ1v) is 8.85. The molecule has 0 unspecified atom stereocenters. The van der Waals surface area contributed by atoms with E-state index in [4.69, 9.17) is 5.11 Å². The first-order valence-electron chi connectivity index (χ1n) is 8.03. The van der Waals surface area contributed by atoms with Crippen LogP contribution in [-0.4, -0.2) is 44.2 Å². The summed E-state index contributed by atoms with van der Waals surface area (Å²) in [6.07, 6.45) is 3.87. The average molecular weight is 342 g/mol. The third-order valence-corrected chi connectivity index (χ3v) is 5.64. The number of fused-ring (bicyclic) bond motifs is 1. The number of nitrogens with one attached hydrogen (secondary N) is 1. The molecule has 0 bridgehead atoms. The van der Waals surface area contributed by atoms with Crippen molar-refractivity contribution >= 4 is 27.5 Å². The number of aromatic nitrogens is 3. The van der Waals surface area contributed by atoms with Crippen LogP contribution < -0.4 is 0 Å². The number of carboxylic acid groups (broad SMARTS) is 1. The van der Waals surface area contributed by atoms with Crippen LogP contribution in [0.3, 0.4) is 0 Å². The van der Waals surface area contributed by atoms with Crippen LogP contribution in [0.2, 0.25) is 0 Å². The van der Waals surface area contributed by atoms with E-state index in [1.165, 1.54) is 9.58 Å². The first-order chi connectivity index (χ1) is 11.7. The minimum Gasteiger partial charge on any atom is -0.476 e. The molecule has 0 aliphatic carbocycles. The van der Waals surface area contributed by atoms with E-state index in [0.717, 1.165) is 43.7 Å². The van der Waals surface area contributed by atoms with Crippen LogP contribution >= 0.6 is 11.3 Å². The van der Waals surface area contributed by atoms with Crippen molar-refractivity contribution in [1.82, 2.24) is 20.1 Å². The molecule has 0 aromatic carbocycles. The molecule has 24 heavy (non-hydrogen) atoms. The highest BCUT2D eigenvalue weighted by molar-refractivity contribution is 7.19. The normalized spacial score (nSPS) is 16.7. The molecule has 3 aromatic rings. The van der Waals surface area contributed by atoms with Gasteiger partial charge in [0, 0.05) is 29.2 Å². The van der Waals surface area contributed by atoms with Gasteiger partial charge in [0.2, 0.25) is 0 Å². The summed E-state index contributed by atoms with van der Waals surface area (Å²) in [6, 6.07) is 7.94. The molecule has 6 nitrogen and oxygen atoms in total. The van der Waals surface area contributed by atoms with E-state index in [9.17, 15) is 4.79 Å². The lowest BCUT2D eigenvalue weighted by Gasteiger charge is -2.30. The summed E-state index contributed by atoms with van der Waals surface area (Å²) in [6.45, 7) is 2.97. The Bertz CT molecular complexity index is 831. The van der Waals surface area contributed by atoms with E-state index in [1.54, 1.807) is 6.07 Å². The predicted molar refractivity (Wildman–Crippen MR) is 92.4 cm³/mol. The van der Waals surface area contributed by atoms with Gasteiger partial charge in [-0.2, -0.15) is 5.10 Å². The third kappa shape index (κ3) is 3.05. The van der Waals surface area contributed by atoms with Crippen molar-refractivity contribution in [2.24, 2.45) is 0 Å². The Balaban J connectivity index is 1.37. The molecule has 0 radical (unpaired) electrons. The number of hydrogen-bond donors (Lipinski definition) is 2. The number of thiophene rings is 1. The lowest BCUT2D eigenvalue weighted by atomic mass is 9.93. The lowest BCUT2D eigenvalue weighted by Crippen LogP contribution is -2.32. The zero-order valence-corrected chi connectivity index (χ0v) is 13.9. The van der Waals surface area contributed by atoms with E-state index in [-0.39, 0.29) is 5.69 Å². The van der Waals surface area contributed by atoms with Crippen molar-refractivity contribution in [3.05, 3.63) is 46.7 Å². The van der Waals surface area contributed by atoms with E-state index in [1.807, 2.05) is 23.6 Å². The van der Waals surface area contributed by atoms with Gasteiger partial charge in [0.05, 0.1) is 10.2 Å². The minimum atomic E-state index is -0.978. The Hall–Kier alpha value is -2.25. The summed E-state index contributed by atoms with van der Waals surface area (Å²) in [5.41, 5.74) is 2.12. The molecule has 4 heterocycles. The second-order valence-corrected chi connectivity index (χ2v) is 7.33. The molecule has 2 N–H and O–H groups in total. The van der Waals surface area contributed by atoms with Gasteiger partial charge in [0.25, 0.3) is 0 Å². The van der Waals surface area contributed by atoms with Crippen LogP contribution in [0.25, 0.3) is 10.2 Å². The highest BCUT2D eigenvalue weighted by Crippen LogP contribution is 2.30. The van der Waals surface area contributed by atoms with Gasteiger partial charge in [0.15, 0.2) is 5.69 Å². The van der Waals surface area contributed by atoms with E-state index >= 15 is 0 Å². The molecule has 0 atom stereocenters. The summed E-state index contributed by atoms with van der Waals surface area (Å²) in [4.78, 5) is 19.1. The quantitative estimate of drug-likeness (QED) is 0.761. The van der Waals surface area contributed by atoms with Crippen molar-refractivity contribution in [2.75, 3.05) is 13.1 Å². The fraction of sp³-hybridized carbons (Fsp3) is 0.353. The molecule has 7 heteroatoms. The molecule has 1 aliphatic heterocycles. The van der Waals surface area contributed by atoms with Crippen LogP contribution in [0.5, 0.6) is 0 Å². The second kappa shape index (κ2) is 6.33. The topological polar surface area (TPSA) is 82.1 Å². The zero-order chi connectivity index (χ0) is 16.5. The van der Waals surface area contributed by atoms with Crippen molar-refractivity contribution < 1.29 is 9.90 Å². The lowest BCUT2D eigenvalue weighted by molar-refractivity contribution is 0.0690. The smallest absolute Gasteiger partial charge is 0.356 e. The number of likely N-dealkylation sites (tertiary alicyclic amines) is 1. The van der Waals surface area contributed by atoms with Crippen molar-refractivity contribution in [3.63, 3.8) is 0 Å². The van der Waals surface area contributed by atoms with Gasteiger partial charge in [0.1, 0.15) is 0 Å². The highest BCUT2D eigenvalue weighted by Gasteiger charge is 2.23. The molecular formula is C17H18N4O2S. The first kappa shape index (κ1) is 15.3. The summed E-state index contributed by atoms with van der Waals surface area (Å²) in [5, 5.41) is 15.7. The number of aromatic carboxylic acids is 1. The van der Waals surface area contributed by atoms with Crippen molar-refractivity contribution in [3.8, 4) is 0 Å². The van der Waals surface area contributed by atoms with Gasteiger partial charge < -0.3 is 5.11 Å². The maximum absolute atomic E-state index is 10.9. The fourth-order valence-corrected chi connectivity index (χ4v) is 4.34. The number of aromatic amines is 1. The Morgan fingerprint density at radius 2 is 2.21 bits per heavy atom. The van der Waals surface area contributed by atoms with Crippen LogP contribution in [0.15, 0.2) is 30.5 Å². The average Bonchev–Trinajstić information content (AvgIpc) is 3.22. The van der Waals surface area contributed by atoms with E-state index < -0.39 is 5.97 Å². The van der Waals surface area contributed by atoms with E-state index in [0.29, 0.717) is 5.92 Å². The molecule has 4 rings (SSSR count).